The second-order valence-electron chi connectivity index (χ2n) is 2.70. The predicted octanol–water partition coefficient (Wildman–Crippen LogP) is 3.09. The molecule has 62 valence electrons. The molecule has 0 aliphatic carbocycles. The van der Waals surface area contributed by atoms with Gasteiger partial charge in [0, 0.05) is 5.56 Å². The van der Waals surface area contributed by atoms with Gasteiger partial charge in [0.2, 0.25) is 0 Å². The zero-order valence-corrected chi connectivity index (χ0v) is 8.74. The number of rotatable bonds is 0. The topological polar surface area (TPSA) is 9.23 Å². The summed E-state index contributed by atoms with van der Waals surface area (Å²) in [7, 11) is 0. The van der Waals surface area contributed by atoms with Crippen LogP contribution in [-0.4, -0.2) is 6.61 Å². The highest BCUT2D eigenvalue weighted by atomic mass is 127. The van der Waals surface area contributed by atoms with Crippen molar-refractivity contribution in [2.24, 2.45) is 0 Å². The van der Waals surface area contributed by atoms with Crippen molar-refractivity contribution < 1.29 is 4.74 Å². The molecule has 1 aliphatic rings. The van der Waals surface area contributed by atoms with Crippen molar-refractivity contribution >= 4 is 28.7 Å². The van der Waals surface area contributed by atoms with E-state index in [1.807, 2.05) is 0 Å². The predicted molar refractivity (Wildman–Crippen MR) is 58.3 cm³/mol. The molecule has 1 aliphatic heterocycles. The van der Waals surface area contributed by atoms with Crippen LogP contribution in [0.2, 0.25) is 0 Å². The molecule has 1 aromatic rings. The summed E-state index contributed by atoms with van der Waals surface area (Å²) in [4.78, 5) is 0. The number of halogens is 1. The van der Waals surface area contributed by atoms with Gasteiger partial charge in [0.1, 0.15) is 5.75 Å². The number of fused-ring (bicyclic) bond motifs is 1. The summed E-state index contributed by atoms with van der Waals surface area (Å²) in [5.74, 6) is 1.03. The third kappa shape index (κ3) is 1.48. The van der Waals surface area contributed by atoms with E-state index in [0.717, 1.165) is 18.8 Å². The standard InChI is InChI=1S/C10H9IO/c11-9-6-3-5-8-4-1-2-7-12-10(8)9/h1,3-6H,2,7H2. The minimum Gasteiger partial charge on any atom is -0.492 e. The molecule has 0 fully saturated rings. The van der Waals surface area contributed by atoms with Gasteiger partial charge in [0.15, 0.2) is 0 Å². The highest BCUT2D eigenvalue weighted by molar-refractivity contribution is 14.1. The fourth-order valence-electron chi connectivity index (χ4n) is 1.25. The maximum atomic E-state index is 5.61. The lowest BCUT2D eigenvalue weighted by Crippen LogP contribution is -1.96. The third-order valence-corrected chi connectivity index (χ3v) is 2.68. The summed E-state index contributed by atoms with van der Waals surface area (Å²) in [5.41, 5.74) is 1.19. The second kappa shape index (κ2) is 3.47. The zero-order valence-electron chi connectivity index (χ0n) is 6.59. The van der Waals surface area contributed by atoms with E-state index in [2.05, 4.69) is 52.9 Å². The van der Waals surface area contributed by atoms with Crippen LogP contribution in [0.4, 0.5) is 0 Å². The van der Waals surface area contributed by atoms with Crippen LogP contribution in [0.3, 0.4) is 0 Å². The summed E-state index contributed by atoms with van der Waals surface area (Å²) in [6, 6.07) is 6.21. The summed E-state index contributed by atoms with van der Waals surface area (Å²) in [5, 5.41) is 0. The van der Waals surface area contributed by atoms with Gasteiger partial charge in [-0.15, -0.1) is 0 Å². The number of hydrogen-bond acceptors (Lipinski definition) is 1. The minimum atomic E-state index is 0.795. The summed E-state index contributed by atoms with van der Waals surface area (Å²) in [6.07, 6.45) is 5.29. The van der Waals surface area contributed by atoms with Crippen molar-refractivity contribution in [2.45, 2.75) is 6.42 Å². The molecule has 0 saturated carbocycles. The molecule has 0 amide bonds. The van der Waals surface area contributed by atoms with Crippen molar-refractivity contribution in [2.75, 3.05) is 6.61 Å². The van der Waals surface area contributed by atoms with Crippen molar-refractivity contribution in [3.8, 4) is 5.75 Å². The maximum absolute atomic E-state index is 5.61. The van der Waals surface area contributed by atoms with Crippen LogP contribution in [0, 0.1) is 3.57 Å². The molecule has 0 atom stereocenters. The lowest BCUT2D eigenvalue weighted by atomic mass is 10.2. The van der Waals surface area contributed by atoms with Gasteiger partial charge in [-0.2, -0.15) is 0 Å². The second-order valence-corrected chi connectivity index (χ2v) is 3.86. The van der Waals surface area contributed by atoms with Crippen molar-refractivity contribution in [1.29, 1.82) is 0 Å². The lowest BCUT2D eigenvalue weighted by Gasteiger charge is -2.07. The third-order valence-electron chi connectivity index (χ3n) is 1.83. The molecule has 2 rings (SSSR count). The monoisotopic (exact) mass is 272 g/mol. The summed E-state index contributed by atoms with van der Waals surface area (Å²) in [6.45, 7) is 0.795. The normalized spacial score (nSPS) is 14.8. The highest BCUT2D eigenvalue weighted by Gasteiger charge is 2.06. The molecule has 0 N–H and O–H groups in total. The summed E-state index contributed by atoms with van der Waals surface area (Å²) >= 11 is 2.30. The average Bonchev–Trinajstić information content (AvgIpc) is 2.30. The molecule has 0 aromatic heterocycles. The molecule has 12 heavy (non-hydrogen) atoms. The molecule has 0 radical (unpaired) electrons. The molecule has 0 bridgehead atoms. The Balaban J connectivity index is 2.52. The van der Waals surface area contributed by atoms with E-state index in [0.29, 0.717) is 0 Å². The Morgan fingerprint density at radius 3 is 3.17 bits per heavy atom. The number of benzene rings is 1. The van der Waals surface area contributed by atoms with Crippen LogP contribution in [0.5, 0.6) is 5.75 Å². The van der Waals surface area contributed by atoms with E-state index in [9.17, 15) is 0 Å². The molecule has 1 aromatic carbocycles. The smallest absolute Gasteiger partial charge is 0.139 e. The van der Waals surface area contributed by atoms with Crippen LogP contribution in [-0.2, 0) is 0 Å². The highest BCUT2D eigenvalue weighted by Crippen LogP contribution is 2.28. The van der Waals surface area contributed by atoms with Crippen LogP contribution in [0.25, 0.3) is 6.08 Å². The quantitative estimate of drug-likeness (QED) is 0.659. The first kappa shape index (κ1) is 8.10. The van der Waals surface area contributed by atoms with Crippen molar-refractivity contribution in [1.82, 2.24) is 0 Å². The molecule has 2 heteroatoms. The molecule has 0 unspecified atom stereocenters. The van der Waals surface area contributed by atoms with Crippen LogP contribution in [0.1, 0.15) is 12.0 Å². The Morgan fingerprint density at radius 2 is 2.25 bits per heavy atom. The van der Waals surface area contributed by atoms with Gasteiger partial charge < -0.3 is 4.74 Å². The van der Waals surface area contributed by atoms with Gasteiger partial charge in [0.25, 0.3) is 0 Å². The first-order chi connectivity index (χ1) is 5.88. The van der Waals surface area contributed by atoms with Crippen LogP contribution in [0.15, 0.2) is 24.3 Å². The Morgan fingerprint density at radius 1 is 1.33 bits per heavy atom. The molecule has 0 spiro atoms. The molecule has 1 nitrogen and oxygen atoms in total. The number of ether oxygens (including phenoxy) is 1. The Labute approximate surface area is 85.6 Å². The van der Waals surface area contributed by atoms with E-state index >= 15 is 0 Å². The van der Waals surface area contributed by atoms with Crippen molar-refractivity contribution in [3.63, 3.8) is 0 Å². The van der Waals surface area contributed by atoms with Gasteiger partial charge in [-0.25, -0.2) is 0 Å². The van der Waals surface area contributed by atoms with E-state index in [4.69, 9.17) is 4.74 Å². The van der Waals surface area contributed by atoms with Gasteiger partial charge in [-0.05, 0) is 35.1 Å². The SMILES string of the molecule is Ic1cccc2c1OCCC=C2. The largest absolute Gasteiger partial charge is 0.492 e. The minimum absolute atomic E-state index is 0.795. The number of hydrogen-bond donors (Lipinski definition) is 0. The van der Waals surface area contributed by atoms with E-state index in [-0.39, 0.29) is 0 Å². The van der Waals surface area contributed by atoms with Gasteiger partial charge in [-0.3, -0.25) is 0 Å². The van der Waals surface area contributed by atoms with E-state index in [1.165, 1.54) is 9.13 Å². The Bertz CT molecular complexity index is 318. The molecule has 0 saturated heterocycles. The summed E-state index contributed by atoms with van der Waals surface area (Å²) < 4.78 is 6.80. The Kier molecular flexibility index (Phi) is 2.35. The fourth-order valence-corrected chi connectivity index (χ4v) is 1.92. The van der Waals surface area contributed by atoms with Gasteiger partial charge >= 0.3 is 0 Å². The van der Waals surface area contributed by atoms with E-state index < -0.39 is 0 Å². The van der Waals surface area contributed by atoms with E-state index in [1.54, 1.807) is 0 Å². The maximum Gasteiger partial charge on any atom is 0.139 e. The first-order valence-corrected chi connectivity index (χ1v) is 5.03. The zero-order chi connectivity index (χ0) is 8.39. The van der Waals surface area contributed by atoms with Gasteiger partial charge in [0.05, 0.1) is 10.2 Å². The Hall–Kier alpha value is -0.510. The molecular formula is C10H9IO. The number of para-hydroxylation sites is 1. The first-order valence-electron chi connectivity index (χ1n) is 3.96. The van der Waals surface area contributed by atoms with Crippen LogP contribution < -0.4 is 4.74 Å². The average molecular weight is 272 g/mol. The lowest BCUT2D eigenvalue weighted by molar-refractivity contribution is 0.324. The van der Waals surface area contributed by atoms with Crippen LogP contribution >= 0.6 is 22.6 Å². The van der Waals surface area contributed by atoms with Gasteiger partial charge in [-0.1, -0.05) is 24.3 Å². The molecular weight excluding hydrogens is 263 g/mol. The van der Waals surface area contributed by atoms with Crippen molar-refractivity contribution in [3.05, 3.63) is 33.4 Å². The molecule has 1 heterocycles. The fraction of sp³-hybridized carbons (Fsp3) is 0.200.